The van der Waals surface area contributed by atoms with E-state index in [0.717, 1.165) is 37.9 Å². The number of ether oxygens (including phenoxy) is 1. The van der Waals surface area contributed by atoms with Crippen LogP contribution in [0.1, 0.15) is 50.8 Å². The topological polar surface area (TPSA) is 54.8 Å². The first-order valence-electron chi connectivity index (χ1n) is 12.2. The maximum Gasteiger partial charge on any atom is 0.242 e. The molecule has 0 aliphatic heterocycles. The van der Waals surface area contributed by atoms with E-state index in [4.69, 9.17) is 4.74 Å². The van der Waals surface area contributed by atoms with Gasteiger partial charge in [0.2, 0.25) is 11.8 Å². The van der Waals surface area contributed by atoms with E-state index in [1.165, 1.54) is 5.56 Å². The molecule has 0 radical (unpaired) electrons. The Morgan fingerprint density at radius 3 is 2.45 bits per heavy atom. The van der Waals surface area contributed by atoms with Crippen molar-refractivity contribution in [2.75, 3.05) is 33.4 Å². The number of amides is 2. The predicted octanol–water partition coefficient (Wildman–Crippen LogP) is 4.19. The molecule has 1 fully saturated rings. The fourth-order valence-electron chi connectivity index (χ4n) is 4.07. The molecule has 33 heavy (non-hydrogen) atoms. The maximum absolute atomic E-state index is 13.4. The van der Waals surface area contributed by atoms with Crippen molar-refractivity contribution in [3.63, 3.8) is 0 Å². The fourth-order valence-corrected chi connectivity index (χ4v) is 4.07. The van der Waals surface area contributed by atoms with Gasteiger partial charge in [-0.05, 0) is 42.9 Å². The van der Waals surface area contributed by atoms with Gasteiger partial charge >= 0.3 is 0 Å². The molecule has 2 amide bonds. The summed E-state index contributed by atoms with van der Waals surface area (Å²) in [6, 6.07) is 14.4. The Morgan fingerprint density at radius 1 is 1.06 bits per heavy atom. The second-order valence-electron chi connectivity index (χ2n) is 9.49. The van der Waals surface area contributed by atoms with Crippen LogP contribution in [0.2, 0.25) is 0 Å². The number of methoxy groups -OCH3 is 1. The van der Waals surface area contributed by atoms with Crippen LogP contribution in [-0.2, 0) is 27.4 Å². The normalized spacial score (nSPS) is 13.7. The van der Waals surface area contributed by atoms with Gasteiger partial charge in [-0.1, -0.05) is 50.6 Å². The SMILES string of the molecule is COCCN(Cc1cccn1Cc1ccccc1)C(=O)CN(CCC(C)C)C(=O)C1CCC1. The summed E-state index contributed by atoms with van der Waals surface area (Å²) in [7, 11) is 1.65. The Morgan fingerprint density at radius 2 is 1.82 bits per heavy atom. The number of aromatic nitrogens is 1. The van der Waals surface area contributed by atoms with Crippen LogP contribution >= 0.6 is 0 Å². The quantitative estimate of drug-likeness (QED) is 0.457. The summed E-state index contributed by atoms with van der Waals surface area (Å²) in [5.41, 5.74) is 2.29. The molecule has 1 aromatic carbocycles. The van der Waals surface area contributed by atoms with Crippen LogP contribution in [0.5, 0.6) is 0 Å². The van der Waals surface area contributed by atoms with Crippen molar-refractivity contribution in [1.29, 1.82) is 0 Å². The number of hydrogen-bond donors (Lipinski definition) is 0. The second-order valence-corrected chi connectivity index (χ2v) is 9.49. The van der Waals surface area contributed by atoms with Crippen LogP contribution in [-0.4, -0.2) is 59.5 Å². The number of carbonyl (C=O) groups excluding carboxylic acids is 2. The summed E-state index contributed by atoms with van der Waals surface area (Å²) in [4.78, 5) is 30.0. The van der Waals surface area contributed by atoms with Crippen molar-refractivity contribution in [2.24, 2.45) is 11.8 Å². The molecule has 2 aromatic rings. The fraction of sp³-hybridized carbons (Fsp3) is 0.556. The van der Waals surface area contributed by atoms with Gasteiger partial charge in [0.05, 0.1) is 19.7 Å². The molecular formula is C27H39N3O3. The van der Waals surface area contributed by atoms with Gasteiger partial charge < -0.3 is 19.1 Å². The lowest BCUT2D eigenvalue weighted by Gasteiger charge is -2.33. The van der Waals surface area contributed by atoms with Gasteiger partial charge in [-0.3, -0.25) is 9.59 Å². The lowest BCUT2D eigenvalue weighted by atomic mass is 9.84. The predicted molar refractivity (Wildman–Crippen MR) is 131 cm³/mol. The zero-order valence-corrected chi connectivity index (χ0v) is 20.4. The highest BCUT2D eigenvalue weighted by Crippen LogP contribution is 2.28. The van der Waals surface area contributed by atoms with Gasteiger partial charge in [0.25, 0.3) is 0 Å². The van der Waals surface area contributed by atoms with Gasteiger partial charge in [0.15, 0.2) is 0 Å². The van der Waals surface area contributed by atoms with Gasteiger partial charge in [0, 0.05) is 44.6 Å². The summed E-state index contributed by atoms with van der Waals surface area (Å²) in [5.74, 6) is 0.716. The van der Waals surface area contributed by atoms with E-state index in [1.807, 2.05) is 29.2 Å². The van der Waals surface area contributed by atoms with Crippen molar-refractivity contribution in [3.05, 3.63) is 59.9 Å². The number of carbonyl (C=O) groups is 2. The number of benzene rings is 1. The zero-order valence-electron chi connectivity index (χ0n) is 20.4. The molecule has 0 atom stereocenters. The summed E-state index contributed by atoms with van der Waals surface area (Å²) < 4.78 is 7.46. The summed E-state index contributed by atoms with van der Waals surface area (Å²) in [6.07, 6.45) is 5.97. The van der Waals surface area contributed by atoms with E-state index in [1.54, 1.807) is 12.0 Å². The third-order valence-corrected chi connectivity index (χ3v) is 6.46. The highest BCUT2D eigenvalue weighted by Gasteiger charge is 2.31. The van der Waals surface area contributed by atoms with Gasteiger partial charge in [-0.15, -0.1) is 0 Å². The molecule has 3 rings (SSSR count). The number of nitrogens with zero attached hydrogens (tertiary/aromatic N) is 3. The highest BCUT2D eigenvalue weighted by atomic mass is 16.5. The van der Waals surface area contributed by atoms with Gasteiger partial charge in [0.1, 0.15) is 0 Å². The first-order chi connectivity index (χ1) is 16.0. The van der Waals surface area contributed by atoms with Gasteiger partial charge in [-0.25, -0.2) is 0 Å². The van der Waals surface area contributed by atoms with Crippen LogP contribution in [0.15, 0.2) is 48.7 Å². The lowest BCUT2D eigenvalue weighted by Crippen LogP contribution is -2.47. The minimum absolute atomic E-state index is 0.0176. The summed E-state index contributed by atoms with van der Waals surface area (Å²) in [5, 5.41) is 0. The van der Waals surface area contributed by atoms with E-state index in [-0.39, 0.29) is 24.3 Å². The van der Waals surface area contributed by atoms with Crippen LogP contribution in [0.25, 0.3) is 0 Å². The maximum atomic E-state index is 13.4. The minimum Gasteiger partial charge on any atom is -0.383 e. The van der Waals surface area contributed by atoms with Crippen LogP contribution < -0.4 is 0 Å². The molecule has 0 bridgehead atoms. The van der Waals surface area contributed by atoms with Crippen molar-refractivity contribution in [3.8, 4) is 0 Å². The van der Waals surface area contributed by atoms with Crippen LogP contribution in [0, 0.1) is 11.8 Å². The molecule has 0 N–H and O–H groups in total. The van der Waals surface area contributed by atoms with E-state index >= 15 is 0 Å². The van der Waals surface area contributed by atoms with Crippen molar-refractivity contribution in [1.82, 2.24) is 14.4 Å². The number of rotatable bonds is 13. The molecule has 1 heterocycles. The molecule has 0 unspecified atom stereocenters. The van der Waals surface area contributed by atoms with E-state index in [9.17, 15) is 9.59 Å². The first-order valence-corrected chi connectivity index (χ1v) is 12.2. The Labute approximate surface area is 198 Å². The molecule has 1 aliphatic rings. The lowest BCUT2D eigenvalue weighted by molar-refractivity contribution is -0.145. The first kappa shape index (κ1) is 25.0. The largest absolute Gasteiger partial charge is 0.383 e. The standard InChI is InChI=1S/C27H39N3O3/c1-22(2)14-16-30(27(32)24-11-7-12-24)21-26(31)29(17-18-33-3)20-25-13-8-15-28(25)19-23-9-5-4-6-10-23/h4-6,8-10,13,15,22,24H,7,11-12,14,16-21H2,1-3H3. The Bertz CT molecular complexity index is 874. The van der Waals surface area contributed by atoms with Gasteiger partial charge in [-0.2, -0.15) is 0 Å². The average Bonchev–Trinajstić information content (AvgIpc) is 3.19. The molecule has 6 heteroatoms. The minimum atomic E-state index is -0.0176. The Balaban J connectivity index is 1.69. The van der Waals surface area contributed by atoms with Crippen molar-refractivity contribution < 1.29 is 14.3 Å². The summed E-state index contributed by atoms with van der Waals surface area (Å²) in [6.45, 7) is 7.31. The monoisotopic (exact) mass is 453 g/mol. The van der Waals surface area contributed by atoms with Crippen LogP contribution in [0.3, 0.4) is 0 Å². The molecule has 180 valence electrons. The summed E-state index contributed by atoms with van der Waals surface area (Å²) >= 11 is 0. The second kappa shape index (κ2) is 12.6. The molecular weight excluding hydrogens is 414 g/mol. The van der Waals surface area contributed by atoms with E-state index in [0.29, 0.717) is 32.2 Å². The van der Waals surface area contributed by atoms with Crippen LogP contribution in [0.4, 0.5) is 0 Å². The Hall–Kier alpha value is -2.60. The molecule has 0 saturated heterocycles. The van der Waals surface area contributed by atoms with Crippen molar-refractivity contribution >= 4 is 11.8 Å². The third-order valence-electron chi connectivity index (χ3n) is 6.46. The Kier molecular flexibility index (Phi) is 9.55. The smallest absolute Gasteiger partial charge is 0.242 e. The highest BCUT2D eigenvalue weighted by molar-refractivity contribution is 5.86. The molecule has 1 saturated carbocycles. The molecule has 1 aromatic heterocycles. The van der Waals surface area contributed by atoms with E-state index < -0.39 is 0 Å². The molecule has 0 spiro atoms. The van der Waals surface area contributed by atoms with E-state index in [2.05, 4.69) is 42.8 Å². The molecule has 6 nitrogen and oxygen atoms in total. The van der Waals surface area contributed by atoms with Crippen molar-refractivity contribution in [2.45, 2.75) is 52.6 Å². The third kappa shape index (κ3) is 7.46. The molecule has 1 aliphatic carbocycles. The number of hydrogen-bond acceptors (Lipinski definition) is 3. The zero-order chi connectivity index (χ0) is 23.6. The average molecular weight is 454 g/mol.